The van der Waals surface area contributed by atoms with Crippen molar-refractivity contribution in [2.75, 3.05) is 23.9 Å². The number of nitrogens with one attached hydrogen (secondary N) is 1. The van der Waals surface area contributed by atoms with Crippen LogP contribution in [0.1, 0.15) is 62.3 Å². The highest BCUT2D eigenvalue weighted by Crippen LogP contribution is 2.43. The number of anilines is 2. The molecule has 5 rings (SSSR count). The normalized spacial score (nSPS) is 21.0. The zero-order valence-electron chi connectivity index (χ0n) is 22.8. The van der Waals surface area contributed by atoms with Gasteiger partial charge in [-0.05, 0) is 98.5 Å². The molecule has 2 aliphatic rings. The number of aromatic nitrogens is 1. The Morgan fingerprint density at radius 2 is 1.82 bits per heavy atom. The van der Waals surface area contributed by atoms with Crippen LogP contribution >= 0.6 is 11.6 Å². The summed E-state index contributed by atoms with van der Waals surface area (Å²) in [6.45, 7) is 4.86. The van der Waals surface area contributed by atoms with Crippen LogP contribution in [0.15, 0.2) is 54.7 Å². The second-order valence-corrected chi connectivity index (χ2v) is 11.3. The van der Waals surface area contributed by atoms with Gasteiger partial charge in [-0.3, -0.25) is 9.69 Å². The molecule has 0 bridgehead atoms. The minimum atomic E-state index is -0.392. The maximum Gasteiger partial charge on any atom is 0.233 e. The van der Waals surface area contributed by atoms with E-state index in [-0.39, 0.29) is 18.4 Å². The van der Waals surface area contributed by atoms with Crippen molar-refractivity contribution in [1.82, 2.24) is 4.98 Å². The van der Waals surface area contributed by atoms with E-state index in [1.165, 1.54) is 0 Å². The minimum absolute atomic E-state index is 0.0284. The molecule has 1 aliphatic heterocycles. The lowest BCUT2D eigenvalue weighted by Crippen LogP contribution is -2.41. The molecule has 0 radical (unpaired) electrons. The van der Waals surface area contributed by atoms with Gasteiger partial charge in [0.1, 0.15) is 5.82 Å². The number of nitrogens with zero attached hydrogens (tertiary/aromatic N) is 2. The maximum absolute atomic E-state index is 13.7. The standard InChI is InChI=1S/C31H37ClN4O3/c1-19(2)39-28-16-26-22(14-27(28)38-3)15-30(37)36(31(26)21-6-8-23(32)9-7-21)29-13-12-25(18-35-29)34-17-20-4-10-24(33)11-5-20/h6-9,12-14,16,18-20,24,31,34H,4-5,10-11,15,17,33H2,1-3H3/t20-,24-,31-/m0/s1. The fourth-order valence-corrected chi connectivity index (χ4v) is 5.71. The summed E-state index contributed by atoms with van der Waals surface area (Å²) < 4.78 is 11.7. The van der Waals surface area contributed by atoms with Crippen LogP contribution in [0.25, 0.3) is 0 Å². The predicted octanol–water partition coefficient (Wildman–Crippen LogP) is 6.14. The third-order valence-corrected chi connectivity index (χ3v) is 7.87. The Morgan fingerprint density at radius 3 is 2.46 bits per heavy atom. The van der Waals surface area contributed by atoms with Crippen LogP contribution in [0.3, 0.4) is 0 Å². The molecule has 0 spiro atoms. The molecule has 2 aromatic carbocycles. The van der Waals surface area contributed by atoms with E-state index in [0.717, 1.165) is 54.6 Å². The van der Waals surface area contributed by atoms with Crippen molar-refractivity contribution in [3.05, 3.63) is 76.4 Å². The Bertz CT molecular complexity index is 1290. The smallest absolute Gasteiger partial charge is 0.233 e. The lowest BCUT2D eigenvalue weighted by Gasteiger charge is -2.37. The topological polar surface area (TPSA) is 89.7 Å². The maximum atomic E-state index is 13.7. The van der Waals surface area contributed by atoms with Gasteiger partial charge in [0.15, 0.2) is 11.5 Å². The molecule has 0 saturated heterocycles. The SMILES string of the molecule is COc1cc2c(cc1OC(C)C)[C@H](c1ccc(Cl)cc1)N(c1ccc(NC[C@H]3CC[C@H](N)CC3)cn1)C(=O)C2. The number of methoxy groups -OCH3 is 1. The molecule has 0 unspecified atom stereocenters. The monoisotopic (exact) mass is 548 g/mol. The third-order valence-electron chi connectivity index (χ3n) is 7.62. The van der Waals surface area contributed by atoms with Crippen molar-refractivity contribution >= 4 is 29.0 Å². The number of carbonyl (C=O) groups is 1. The van der Waals surface area contributed by atoms with Gasteiger partial charge in [0.05, 0.1) is 37.6 Å². The molecule has 39 heavy (non-hydrogen) atoms. The number of halogens is 1. The van der Waals surface area contributed by atoms with Crippen molar-refractivity contribution in [2.45, 2.75) is 64.1 Å². The molecule has 3 N–H and O–H groups in total. The van der Waals surface area contributed by atoms with E-state index in [1.54, 1.807) is 12.0 Å². The quantitative estimate of drug-likeness (QED) is 0.351. The Kier molecular flexibility index (Phi) is 8.29. The van der Waals surface area contributed by atoms with Crippen molar-refractivity contribution in [1.29, 1.82) is 0 Å². The number of fused-ring (bicyclic) bond motifs is 1. The van der Waals surface area contributed by atoms with Gasteiger partial charge in [0.2, 0.25) is 5.91 Å². The summed E-state index contributed by atoms with van der Waals surface area (Å²) >= 11 is 6.22. The van der Waals surface area contributed by atoms with E-state index < -0.39 is 6.04 Å². The minimum Gasteiger partial charge on any atom is -0.493 e. The predicted molar refractivity (Wildman–Crippen MR) is 156 cm³/mol. The largest absolute Gasteiger partial charge is 0.493 e. The summed E-state index contributed by atoms with van der Waals surface area (Å²) in [6.07, 6.45) is 6.50. The van der Waals surface area contributed by atoms with E-state index in [2.05, 4.69) is 5.32 Å². The number of hydrogen-bond acceptors (Lipinski definition) is 6. The number of benzene rings is 2. The summed E-state index contributed by atoms with van der Waals surface area (Å²) in [5.41, 5.74) is 9.83. The Labute approximate surface area is 235 Å². The highest BCUT2D eigenvalue weighted by Gasteiger charge is 2.36. The molecule has 2 heterocycles. The van der Waals surface area contributed by atoms with Crippen LogP contribution in [0.4, 0.5) is 11.5 Å². The number of hydrogen-bond donors (Lipinski definition) is 2. The van der Waals surface area contributed by atoms with Gasteiger partial charge in [-0.1, -0.05) is 23.7 Å². The molecule has 1 atom stereocenters. The molecule has 206 valence electrons. The molecule has 1 aliphatic carbocycles. The van der Waals surface area contributed by atoms with Crippen LogP contribution in [0.2, 0.25) is 5.02 Å². The van der Waals surface area contributed by atoms with Gasteiger partial charge in [0, 0.05) is 17.6 Å². The molecular formula is C31H37ClN4O3. The van der Waals surface area contributed by atoms with E-state index in [9.17, 15) is 4.79 Å². The van der Waals surface area contributed by atoms with Gasteiger partial charge in [-0.15, -0.1) is 0 Å². The van der Waals surface area contributed by atoms with E-state index in [4.69, 9.17) is 31.8 Å². The molecule has 7 nitrogen and oxygen atoms in total. The lowest BCUT2D eigenvalue weighted by atomic mass is 9.86. The number of amides is 1. The fraction of sp³-hybridized carbons (Fsp3) is 0.419. The van der Waals surface area contributed by atoms with Crippen molar-refractivity contribution in [2.24, 2.45) is 11.7 Å². The third kappa shape index (κ3) is 6.15. The molecule has 1 fully saturated rings. The van der Waals surface area contributed by atoms with Crippen molar-refractivity contribution in [3.63, 3.8) is 0 Å². The summed E-state index contributed by atoms with van der Waals surface area (Å²) in [6, 6.07) is 15.4. The molecular weight excluding hydrogens is 512 g/mol. The van der Waals surface area contributed by atoms with E-state index in [0.29, 0.717) is 34.3 Å². The highest BCUT2D eigenvalue weighted by molar-refractivity contribution is 6.30. The number of rotatable bonds is 8. The van der Waals surface area contributed by atoms with Crippen LogP contribution in [0.5, 0.6) is 11.5 Å². The molecule has 1 aromatic heterocycles. The first-order valence-electron chi connectivity index (χ1n) is 13.7. The zero-order chi connectivity index (χ0) is 27.5. The Morgan fingerprint density at radius 1 is 1.08 bits per heavy atom. The summed E-state index contributed by atoms with van der Waals surface area (Å²) in [5.74, 6) is 2.46. The first-order valence-corrected chi connectivity index (χ1v) is 14.1. The zero-order valence-corrected chi connectivity index (χ0v) is 23.6. The van der Waals surface area contributed by atoms with Gasteiger partial charge in [-0.25, -0.2) is 4.98 Å². The van der Waals surface area contributed by atoms with E-state index >= 15 is 0 Å². The number of ether oxygens (including phenoxy) is 2. The second-order valence-electron chi connectivity index (χ2n) is 10.8. The average Bonchev–Trinajstić information content (AvgIpc) is 2.92. The van der Waals surface area contributed by atoms with Crippen molar-refractivity contribution in [3.8, 4) is 11.5 Å². The number of nitrogens with two attached hydrogens (primary N) is 1. The second kappa shape index (κ2) is 11.8. The number of carbonyl (C=O) groups excluding carboxylic acids is 1. The molecule has 1 amide bonds. The van der Waals surface area contributed by atoms with Crippen LogP contribution in [-0.4, -0.2) is 36.7 Å². The van der Waals surface area contributed by atoms with Crippen LogP contribution in [-0.2, 0) is 11.2 Å². The van der Waals surface area contributed by atoms with Gasteiger partial charge < -0.3 is 20.5 Å². The summed E-state index contributed by atoms with van der Waals surface area (Å²) in [4.78, 5) is 20.2. The number of pyridine rings is 1. The highest BCUT2D eigenvalue weighted by atomic mass is 35.5. The van der Waals surface area contributed by atoms with E-state index in [1.807, 2.05) is 68.6 Å². The Hall–Kier alpha value is -3.29. The average molecular weight is 549 g/mol. The summed E-state index contributed by atoms with van der Waals surface area (Å²) in [5, 5.41) is 4.16. The van der Waals surface area contributed by atoms with Crippen molar-refractivity contribution < 1.29 is 14.3 Å². The molecule has 8 heteroatoms. The van der Waals surface area contributed by atoms with Gasteiger partial charge in [0.25, 0.3) is 0 Å². The summed E-state index contributed by atoms with van der Waals surface area (Å²) in [7, 11) is 1.62. The first kappa shape index (κ1) is 27.3. The molecule has 1 saturated carbocycles. The molecule has 3 aromatic rings. The van der Waals surface area contributed by atoms with Gasteiger partial charge >= 0.3 is 0 Å². The Balaban J connectivity index is 1.47. The van der Waals surface area contributed by atoms with Gasteiger partial charge in [-0.2, -0.15) is 0 Å². The van der Waals surface area contributed by atoms with Crippen LogP contribution < -0.4 is 25.4 Å². The lowest BCUT2D eigenvalue weighted by molar-refractivity contribution is -0.118. The van der Waals surface area contributed by atoms with Crippen LogP contribution in [0, 0.1) is 5.92 Å². The fourth-order valence-electron chi connectivity index (χ4n) is 5.58. The first-order chi connectivity index (χ1) is 18.8.